The number of hydrogen-bond acceptors (Lipinski definition) is 4. The SMILES string of the molecule is CCCCCCCC[C@H](OC(C)=O)[C@H]1CCCC(=O)O1. The zero-order valence-electron chi connectivity index (χ0n) is 12.9. The fourth-order valence-electron chi connectivity index (χ4n) is 2.66. The predicted molar refractivity (Wildman–Crippen MR) is 77.3 cm³/mol. The van der Waals surface area contributed by atoms with Gasteiger partial charge >= 0.3 is 11.9 Å². The zero-order chi connectivity index (χ0) is 14.8. The van der Waals surface area contributed by atoms with Gasteiger partial charge in [0.2, 0.25) is 0 Å². The Hall–Kier alpha value is -1.06. The molecule has 0 radical (unpaired) electrons. The number of ether oxygens (including phenoxy) is 2. The van der Waals surface area contributed by atoms with Crippen LogP contribution in [0.15, 0.2) is 0 Å². The van der Waals surface area contributed by atoms with Crippen LogP contribution in [0.5, 0.6) is 0 Å². The monoisotopic (exact) mass is 284 g/mol. The molecule has 1 saturated heterocycles. The predicted octanol–water partition coefficient (Wildman–Crippen LogP) is 3.76. The highest BCUT2D eigenvalue weighted by molar-refractivity contribution is 5.70. The van der Waals surface area contributed by atoms with E-state index in [9.17, 15) is 9.59 Å². The van der Waals surface area contributed by atoms with E-state index < -0.39 is 0 Å². The molecule has 0 spiro atoms. The Morgan fingerprint density at radius 2 is 2.00 bits per heavy atom. The van der Waals surface area contributed by atoms with E-state index in [1.165, 1.54) is 32.6 Å². The van der Waals surface area contributed by atoms with Crippen molar-refractivity contribution in [3.63, 3.8) is 0 Å². The van der Waals surface area contributed by atoms with E-state index >= 15 is 0 Å². The van der Waals surface area contributed by atoms with Crippen LogP contribution in [0, 0.1) is 0 Å². The molecule has 116 valence electrons. The molecule has 0 N–H and O–H groups in total. The maximum Gasteiger partial charge on any atom is 0.306 e. The Labute approximate surface area is 122 Å². The topological polar surface area (TPSA) is 52.6 Å². The molecule has 0 aliphatic carbocycles. The lowest BCUT2D eigenvalue weighted by atomic mass is 9.98. The third-order valence-electron chi connectivity index (χ3n) is 3.73. The van der Waals surface area contributed by atoms with Crippen molar-refractivity contribution in [2.45, 2.75) is 90.3 Å². The van der Waals surface area contributed by atoms with Crippen LogP contribution in [0.4, 0.5) is 0 Å². The van der Waals surface area contributed by atoms with Gasteiger partial charge < -0.3 is 9.47 Å². The van der Waals surface area contributed by atoms with Gasteiger partial charge in [-0.15, -0.1) is 0 Å². The first kappa shape index (κ1) is 17.0. The van der Waals surface area contributed by atoms with Gasteiger partial charge in [0, 0.05) is 13.3 Å². The molecule has 0 aromatic carbocycles. The van der Waals surface area contributed by atoms with Crippen LogP contribution in [-0.4, -0.2) is 24.1 Å². The second kappa shape index (κ2) is 9.78. The van der Waals surface area contributed by atoms with Crippen molar-refractivity contribution in [3.8, 4) is 0 Å². The van der Waals surface area contributed by atoms with Gasteiger partial charge in [-0.05, 0) is 25.7 Å². The van der Waals surface area contributed by atoms with Crippen LogP contribution in [0.3, 0.4) is 0 Å². The number of cyclic esters (lactones) is 1. The molecule has 0 bridgehead atoms. The minimum Gasteiger partial charge on any atom is -0.459 e. The number of esters is 2. The standard InChI is InChI=1S/C16H28O4/c1-3-4-5-6-7-8-10-14(19-13(2)17)15-11-9-12-16(18)20-15/h14-15H,3-12H2,1-2H3/t14-,15+/m0/s1. The Morgan fingerprint density at radius 3 is 2.65 bits per heavy atom. The van der Waals surface area contributed by atoms with Gasteiger partial charge in [-0.1, -0.05) is 39.0 Å². The first-order valence-electron chi connectivity index (χ1n) is 8.00. The van der Waals surface area contributed by atoms with Gasteiger partial charge in [0.15, 0.2) is 0 Å². The van der Waals surface area contributed by atoms with Gasteiger partial charge in [-0.25, -0.2) is 0 Å². The summed E-state index contributed by atoms with van der Waals surface area (Å²) in [4.78, 5) is 22.5. The first-order chi connectivity index (χ1) is 9.63. The molecule has 1 fully saturated rings. The van der Waals surface area contributed by atoms with Gasteiger partial charge in [-0.2, -0.15) is 0 Å². The summed E-state index contributed by atoms with van der Waals surface area (Å²) in [5.74, 6) is -0.455. The zero-order valence-corrected chi connectivity index (χ0v) is 12.9. The number of rotatable bonds is 9. The minimum absolute atomic E-state index is 0.165. The second-order valence-electron chi connectivity index (χ2n) is 5.62. The van der Waals surface area contributed by atoms with Crippen molar-refractivity contribution in [1.82, 2.24) is 0 Å². The molecule has 1 aliphatic rings. The molecule has 1 rings (SSSR count). The Kier molecular flexibility index (Phi) is 8.31. The lowest BCUT2D eigenvalue weighted by molar-refractivity contribution is -0.172. The average Bonchev–Trinajstić information content (AvgIpc) is 2.41. The lowest BCUT2D eigenvalue weighted by Crippen LogP contribution is -2.37. The smallest absolute Gasteiger partial charge is 0.306 e. The summed E-state index contributed by atoms with van der Waals surface area (Å²) >= 11 is 0. The van der Waals surface area contributed by atoms with E-state index in [4.69, 9.17) is 9.47 Å². The number of hydrogen-bond donors (Lipinski definition) is 0. The van der Waals surface area contributed by atoms with Crippen molar-refractivity contribution in [3.05, 3.63) is 0 Å². The lowest BCUT2D eigenvalue weighted by Gasteiger charge is -2.29. The summed E-state index contributed by atoms with van der Waals surface area (Å²) in [7, 11) is 0. The van der Waals surface area contributed by atoms with Crippen LogP contribution in [-0.2, 0) is 19.1 Å². The van der Waals surface area contributed by atoms with Crippen LogP contribution >= 0.6 is 0 Å². The summed E-state index contributed by atoms with van der Waals surface area (Å²) in [5, 5.41) is 0. The van der Waals surface area contributed by atoms with Crippen LogP contribution in [0.2, 0.25) is 0 Å². The van der Waals surface area contributed by atoms with Gasteiger partial charge in [0.1, 0.15) is 12.2 Å². The molecule has 1 heterocycles. The maximum atomic E-state index is 11.3. The Morgan fingerprint density at radius 1 is 1.30 bits per heavy atom. The van der Waals surface area contributed by atoms with Crippen molar-refractivity contribution in [2.75, 3.05) is 0 Å². The van der Waals surface area contributed by atoms with E-state index in [0.29, 0.717) is 6.42 Å². The highest BCUT2D eigenvalue weighted by Crippen LogP contribution is 2.23. The summed E-state index contributed by atoms with van der Waals surface area (Å²) in [6, 6.07) is 0. The molecule has 0 amide bonds. The quantitative estimate of drug-likeness (QED) is 0.478. The van der Waals surface area contributed by atoms with Crippen LogP contribution < -0.4 is 0 Å². The first-order valence-corrected chi connectivity index (χ1v) is 8.00. The van der Waals surface area contributed by atoms with E-state index in [-0.39, 0.29) is 24.1 Å². The largest absolute Gasteiger partial charge is 0.459 e. The van der Waals surface area contributed by atoms with E-state index in [2.05, 4.69) is 6.92 Å². The molecule has 0 saturated carbocycles. The highest BCUT2D eigenvalue weighted by atomic mass is 16.6. The Balaban J connectivity index is 2.31. The maximum absolute atomic E-state index is 11.3. The summed E-state index contributed by atoms with van der Waals surface area (Å²) in [6.45, 7) is 3.62. The molecule has 1 aliphatic heterocycles. The fraction of sp³-hybridized carbons (Fsp3) is 0.875. The molecule has 4 heteroatoms. The van der Waals surface area contributed by atoms with Crippen molar-refractivity contribution >= 4 is 11.9 Å². The molecule has 2 atom stereocenters. The van der Waals surface area contributed by atoms with Crippen molar-refractivity contribution in [1.29, 1.82) is 0 Å². The van der Waals surface area contributed by atoms with Crippen molar-refractivity contribution < 1.29 is 19.1 Å². The molecule has 0 unspecified atom stereocenters. The third-order valence-corrected chi connectivity index (χ3v) is 3.73. The van der Waals surface area contributed by atoms with E-state index in [1.807, 2.05) is 0 Å². The highest BCUT2D eigenvalue weighted by Gasteiger charge is 2.30. The van der Waals surface area contributed by atoms with Gasteiger partial charge in [-0.3, -0.25) is 9.59 Å². The Bertz CT molecular complexity index is 301. The van der Waals surface area contributed by atoms with Gasteiger partial charge in [0.25, 0.3) is 0 Å². The summed E-state index contributed by atoms with van der Waals surface area (Å²) in [5.41, 5.74) is 0. The fourth-order valence-corrected chi connectivity index (χ4v) is 2.66. The van der Waals surface area contributed by atoms with Gasteiger partial charge in [0.05, 0.1) is 0 Å². The van der Waals surface area contributed by atoms with Crippen molar-refractivity contribution in [2.24, 2.45) is 0 Å². The van der Waals surface area contributed by atoms with Crippen LogP contribution in [0.1, 0.15) is 78.1 Å². The third kappa shape index (κ3) is 6.92. The molecule has 0 aromatic rings. The molecular weight excluding hydrogens is 256 g/mol. The number of carbonyl (C=O) groups excluding carboxylic acids is 2. The van der Waals surface area contributed by atoms with Crippen LogP contribution in [0.25, 0.3) is 0 Å². The molecule has 4 nitrogen and oxygen atoms in total. The van der Waals surface area contributed by atoms with E-state index in [1.54, 1.807) is 0 Å². The second-order valence-corrected chi connectivity index (χ2v) is 5.62. The molecular formula is C16H28O4. The number of unbranched alkanes of at least 4 members (excludes halogenated alkanes) is 5. The normalized spacial score (nSPS) is 20.3. The summed E-state index contributed by atoms with van der Waals surface area (Å²) < 4.78 is 10.7. The molecule has 20 heavy (non-hydrogen) atoms. The van der Waals surface area contributed by atoms with E-state index in [0.717, 1.165) is 32.1 Å². The summed E-state index contributed by atoms with van der Waals surface area (Å²) in [6.07, 6.45) is 9.62. The average molecular weight is 284 g/mol. The number of carbonyl (C=O) groups is 2. The molecule has 0 aromatic heterocycles. The minimum atomic E-state index is -0.289.